The summed E-state index contributed by atoms with van der Waals surface area (Å²) in [5, 5.41) is 8.39. The third-order valence-corrected chi connectivity index (χ3v) is 3.49. The first-order chi connectivity index (χ1) is 8.65. The summed E-state index contributed by atoms with van der Waals surface area (Å²) in [6.45, 7) is 6.60. The fraction of sp³-hybridized carbons (Fsp3) is 0.583. The Morgan fingerprint density at radius 3 is 2.67 bits per heavy atom. The van der Waals surface area contributed by atoms with Gasteiger partial charge in [-0.25, -0.2) is 4.98 Å². The highest BCUT2D eigenvalue weighted by Crippen LogP contribution is 2.25. The quantitative estimate of drug-likeness (QED) is 0.818. The Balaban J connectivity index is 2.01. The van der Waals surface area contributed by atoms with Crippen molar-refractivity contribution in [2.24, 2.45) is 11.8 Å². The summed E-state index contributed by atoms with van der Waals surface area (Å²) in [6, 6.07) is 0. The van der Waals surface area contributed by atoms with Gasteiger partial charge in [0, 0.05) is 25.5 Å². The lowest BCUT2D eigenvalue weighted by Crippen LogP contribution is -2.39. The minimum Gasteiger partial charge on any atom is -0.381 e. The van der Waals surface area contributed by atoms with E-state index in [9.17, 15) is 0 Å². The molecule has 2 aromatic heterocycles. The Hall–Kier alpha value is -1.85. The molecular weight excluding hydrogens is 228 g/mol. The van der Waals surface area contributed by atoms with Crippen LogP contribution >= 0.6 is 0 Å². The summed E-state index contributed by atoms with van der Waals surface area (Å²) >= 11 is 0. The van der Waals surface area contributed by atoms with Gasteiger partial charge in [0.15, 0.2) is 5.82 Å². The first-order valence-corrected chi connectivity index (χ1v) is 6.35. The zero-order valence-electron chi connectivity index (χ0n) is 10.7. The summed E-state index contributed by atoms with van der Waals surface area (Å²) in [7, 11) is 0. The molecule has 0 spiro atoms. The topological polar surface area (TPSA) is 72.3 Å². The van der Waals surface area contributed by atoms with E-state index in [1.807, 2.05) is 10.6 Å². The van der Waals surface area contributed by atoms with Crippen molar-refractivity contribution in [3.8, 4) is 0 Å². The van der Waals surface area contributed by atoms with Crippen molar-refractivity contribution in [3.63, 3.8) is 0 Å². The van der Waals surface area contributed by atoms with E-state index >= 15 is 0 Å². The fourth-order valence-corrected chi connectivity index (χ4v) is 2.87. The van der Waals surface area contributed by atoms with E-state index < -0.39 is 0 Å². The molecule has 0 radical (unpaired) electrons. The average molecular weight is 246 g/mol. The van der Waals surface area contributed by atoms with Gasteiger partial charge in [0.2, 0.25) is 11.6 Å². The van der Waals surface area contributed by atoms with Crippen LogP contribution in [0.1, 0.15) is 20.3 Å². The van der Waals surface area contributed by atoms with Gasteiger partial charge >= 0.3 is 0 Å². The molecule has 3 heterocycles. The highest BCUT2D eigenvalue weighted by atomic mass is 15.4. The molecule has 0 saturated carbocycles. The normalized spacial score (nSPS) is 24.7. The van der Waals surface area contributed by atoms with Gasteiger partial charge in [0.05, 0.1) is 0 Å². The highest BCUT2D eigenvalue weighted by Gasteiger charge is 2.25. The van der Waals surface area contributed by atoms with Crippen molar-refractivity contribution in [2.45, 2.75) is 20.3 Å². The molecule has 1 saturated heterocycles. The molecule has 6 nitrogen and oxygen atoms in total. The van der Waals surface area contributed by atoms with Crippen molar-refractivity contribution < 1.29 is 0 Å². The highest BCUT2D eigenvalue weighted by molar-refractivity contribution is 5.61. The Kier molecular flexibility index (Phi) is 2.57. The van der Waals surface area contributed by atoms with Crippen LogP contribution in [0.3, 0.4) is 0 Å². The van der Waals surface area contributed by atoms with Crippen molar-refractivity contribution in [2.75, 3.05) is 23.7 Å². The number of aromatic nitrogens is 4. The first-order valence-electron chi connectivity index (χ1n) is 6.35. The van der Waals surface area contributed by atoms with Crippen molar-refractivity contribution in [1.82, 2.24) is 19.6 Å². The lowest BCUT2D eigenvalue weighted by molar-refractivity contribution is 0.353. The zero-order chi connectivity index (χ0) is 12.7. The molecule has 3 rings (SSSR count). The molecular formula is C12H18N6. The Bertz CT molecular complexity index is 553. The van der Waals surface area contributed by atoms with Crippen LogP contribution in [-0.2, 0) is 0 Å². The molecule has 1 fully saturated rings. The minimum atomic E-state index is 0.425. The van der Waals surface area contributed by atoms with E-state index in [1.54, 1.807) is 6.20 Å². The molecule has 0 aliphatic carbocycles. The number of anilines is 2. The maximum absolute atomic E-state index is 5.80. The number of nitrogens with two attached hydrogens (primary N) is 1. The monoisotopic (exact) mass is 246 g/mol. The summed E-state index contributed by atoms with van der Waals surface area (Å²) in [5.41, 5.74) is 6.44. The number of nitrogens with zero attached hydrogens (tertiary/aromatic N) is 5. The number of rotatable bonds is 1. The van der Waals surface area contributed by atoms with E-state index in [-0.39, 0.29) is 0 Å². The zero-order valence-corrected chi connectivity index (χ0v) is 10.7. The maximum Gasteiger partial charge on any atom is 0.231 e. The van der Waals surface area contributed by atoms with Crippen molar-refractivity contribution in [1.29, 1.82) is 0 Å². The van der Waals surface area contributed by atoms with Crippen LogP contribution in [-0.4, -0.2) is 32.7 Å². The van der Waals surface area contributed by atoms with Crippen molar-refractivity contribution >= 4 is 17.4 Å². The second-order valence-electron chi connectivity index (χ2n) is 5.36. The predicted octanol–water partition coefficient (Wildman–Crippen LogP) is 1.19. The van der Waals surface area contributed by atoms with Crippen LogP contribution in [0.15, 0.2) is 12.4 Å². The molecule has 1 aliphatic heterocycles. The van der Waals surface area contributed by atoms with Crippen LogP contribution in [0.2, 0.25) is 0 Å². The van der Waals surface area contributed by atoms with Gasteiger partial charge in [-0.15, -0.1) is 10.2 Å². The van der Waals surface area contributed by atoms with Gasteiger partial charge in [0.25, 0.3) is 0 Å². The van der Waals surface area contributed by atoms with Crippen LogP contribution in [0.25, 0.3) is 5.65 Å². The molecule has 18 heavy (non-hydrogen) atoms. The van der Waals surface area contributed by atoms with E-state index in [2.05, 4.69) is 33.9 Å². The second-order valence-corrected chi connectivity index (χ2v) is 5.36. The molecule has 0 bridgehead atoms. The predicted molar refractivity (Wildman–Crippen MR) is 70.4 cm³/mol. The largest absolute Gasteiger partial charge is 0.381 e. The number of piperidine rings is 1. The van der Waals surface area contributed by atoms with Gasteiger partial charge in [0.1, 0.15) is 0 Å². The van der Waals surface area contributed by atoms with E-state index in [4.69, 9.17) is 5.73 Å². The first kappa shape index (κ1) is 11.3. The summed E-state index contributed by atoms with van der Waals surface area (Å²) in [4.78, 5) is 6.32. The van der Waals surface area contributed by atoms with E-state index in [1.165, 1.54) is 6.42 Å². The second kappa shape index (κ2) is 4.12. The van der Waals surface area contributed by atoms with Gasteiger partial charge in [-0.2, -0.15) is 0 Å². The Morgan fingerprint density at radius 2 is 1.94 bits per heavy atom. The number of hydrogen-bond donors (Lipinski definition) is 1. The standard InChI is InChI=1S/C12H18N6/c1-8-5-9(2)7-17(6-8)12-16-15-11-10(13)14-3-4-18(11)12/h3-4,8-9H,5-7H2,1-2H3,(H2,13,14). The van der Waals surface area contributed by atoms with E-state index in [0.29, 0.717) is 23.3 Å². The number of hydrogen-bond acceptors (Lipinski definition) is 5. The molecule has 2 aromatic rings. The molecule has 2 atom stereocenters. The fourth-order valence-electron chi connectivity index (χ4n) is 2.87. The van der Waals surface area contributed by atoms with Crippen LogP contribution < -0.4 is 10.6 Å². The Labute approximate surface area is 106 Å². The van der Waals surface area contributed by atoms with Gasteiger partial charge < -0.3 is 10.6 Å². The molecule has 2 unspecified atom stereocenters. The summed E-state index contributed by atoms with van der Waals surface area (Å²) < 4.78 is 1.92. The average Bonchev–Trinajstić information content (AvgIpc) is 2.73. The molecule has 0 amide bonds. The SMILES string of the molecule is CC1CC(C)CN(c2nnc3c(N)nccn23)C1. The van der Waals surface area contributed by atoms with Gasteiger partial charge in [-0.3, -0.25) is 4.40 Å². The maximum atomic E-state index is 5.80. The Morgan fingerprint density at radius 1 is 1.22 bits per heavy atom. The third-order valence-electron chi connectivity index (χ3n) is 3.49. The van der Waals surface area contributed by atoms with Crippen LogP contribution in [0.4, 0.5) is 11.8 Å². The van der Waals surface area contributed by atoms with Crippen LogP contribution in [0.5, 0.6) is 0 Å². The van der Waals surface area contributed by atoms with Crippen molar-refractivity contribution in [3.05, 3.63) is 12.4 Å². The molecule has 1 aliphatic rings. The summed E-state index contributed by atoms with van der Waals surface area (Å²) in [6.07, 6.45) is 4.83. The van der Waals surface area contributed by atoms with Gasteiger partial charge in [-0.05, 0) is 18.3 Å². The summed E-state index contributed by atoms with van der Waals surface area (Å²) in [5.74, 6) is 2.66. The number of fused-ring (bicyclic) bond motifs is 1. The molecule has 6 heteroatoms. The van der Waals surface area contributed by atoms with Gasteiger partial charge in [-0.1, -0.05) is 13.8 Å². The minimum absolute atomic E-state index is 0.425. The smallest absolute Gasteiger partial charge is 0.231 e. The van der Waals surface area contributed by atoms with Crippen LogP contribution in [0, 0.1) is 11.8 Å². The lowest BCUT2D eigenvalue weighted by Gasteiger charge is -2.34. The number of nitrogen functional groups attached to an aromatic ring is 1. The van der Waals surface area contributed by atoms with E-state index in [0.717, 1.165) is 19.0 Å². The third kappa shape index (κ3) is 1.77. The molecule has 0 aromatic carbocycles. The molecule has 96 valence electrons. The molecule has 2 N–H and O–H groups in total. The lowest BCUT2D eigenvalue weighted by atomic mass is 9.92.